The number of aromatic amines is 2. The Morgan fingerprint density at radius 2 is 1.12 bits per heavy atom. The molecule has 0 radical (unpaired) electrons. The normalized spacial score (nSPS) is 10.2. The lowest BCUT2D eigenvalue weighted by Gasteiger charge is -1.99. The number of hydrogen-bond acceptors (Lipinski definition) is 8. The number of anilines is 2. The topological polar surface area (TPSA) is 161 Å². The maximum atomic E-state index is 5.73. The van der Waals surface area contributed by atoms with Crippen LogP contribution in [0.25, 0.3) is 22.8 Å². The zero-order valence-corrected chi connectivity index (χ0v) is 14.6. The zero-order chi connectivity index (χ0) is 18.5. The lowest BCUT2D eigenvalue weighted by atomic mass is 10.2. The van der Waals surface area contributed by atoms with Crippen molar-refractivity contribution >= 4 is 34.6 Å². The summed E-state index contributed by atoms with van der Waals surface area (Å²) in [5.74, 6) is 0.934. The summed E-state index contributed by atoms with van der Waals surface area (Å²) in [7, 11) is 0. The smallest absolute Gasteiger partial charge is 0.206 e. The van der Waals surface area contributed by atoms with Crippen LogP contribution in [-0.4, -0.2) is 41.2 Å². The van der Waals surface area contributed by atoms with Gasteiger partial charge in [0.1, 0.15) is 0 Å². The van der Waals surface area contributed by atoms with Gasteiger partial charge in [0.25, 0.3) is 0 Å². The number of nitrogen functional groups attached to an aromatic ring is 2. The number of hydrogen-bond donors (Lipinski definition) is 4. The number of nitrogens with one attached hydrogen (secondary N) is 2. The van der Waals surface area contributed by atoms with Gasteiger partial charge in [0.2, 0.25) is 11.6 Å². The minimum absolute atomic E-state index is 0.467. The van der Waals surface area contributed by atoms with Gasteiger partial charge in [-0.05, 0) is 46.8 Å². The first-order valence-electron chi connectivity index (χ1n) is 7.12. The van der Waals surface area contributed by atoms with Gasteiger partial charge in [0.05, 0.1) is 0 Å². The Morgan fingerprint density at radius 3 is 1.42 bits per heavy atom. The van der Waals surface area contributed by atoms with E-state index in [-0.39, 0.29) is 0 Å². The van der Waals surface area contributed by atoms with E-state index in [1.807, 2.05) is 0 Å². The molecule has 0 atom stereocenters. The minimum atomic E-state index is 0.467. The van der Waals surface area contributed by atoms with Crippen molar-refractivity contribution < 1.29 is 0 Å². The molecule has 2 heterocycles. The van der Waals surface area contributed by atoms with Crippen LogP contribution >= 0.6 is 23.2 Å². The summed E-state index contributed by atoms with van der Waals surface area (Å²) in [5.41, 5.74) is 13.9. The van der Waals surface area contributed by atoms with Crippen molar-refractivity contribution in [3.8, 4) is 22.8 Å². The van der Waals surface area contributed by atoms with Gasteiger partial charge in [0.15, 0.2) is 0 Å². The SMILES string of the molecule is Nc1cc(Cl)ccc1-c1nn[nH]n1.Nc1cc(Cl)ccc1-c1nn[nH]n1. The number of nitrogens with zero attached hydrogens (tertiary/aromatic N) is 6. The van der Waals surface area contributed by atoms with E-state index in [1.165, 1.54) is 0 Å². The van der Waals surface area contributed by atoms with E-state index in [4.69, 9.17) is 34.7 Å². The van der Waals surface area contributed by atoms with E-state index >= 15 is 0 Å². The molecule has 0 saturated carbocycles. The quantitative estimate of drug-likeness (QED) is 0.378. The number of H-pyrrole nitrogens is 2. The molecule has 4 rings (SSSR count). The predicted molar refractivity (Wildman–Crippen MR) is 98.1 cm³/mol. The second-order valence-electron chi connectivity index (χ2n) is 4.93. The molecule has 0 aliphatic heterocycles. The fourth-order valence-electron chi connectivity index (χ4n) is 2.03. The Hall–Kier alpha value is -3.24. The molecule has 0 amide bonds. The molecule has 0 aliphatic rings. The lowest BCUT2D eigenvalue weighted by Crippen LogP contribution is -1.91. The average molecular weight is 391 g/mol. The average Bonchev–Trinajstić information content (AvgIpc) is 3.29. The van der Waals surface area contributed by atoms with Crippen molar-refractivity contribution in [1.29, 1.82) is 0 Å². The number of aromatic nitrogens is 8. The van der Waals surface area contributed by atoms with E-state index < -0.39 is 0 Å². The Kier molecular flexibility index (Phi) is 5.25. The van der Waals surface area contributed by atoms with Crippen molar-refractivity contribution in [1.82, 2.24) is 41.2 Å². The van der Waals surface area contributed by atoms with E-state index in [1.54, 1.807) is 36.4 Å². The number of rotatable bonds is 2. The fourth-order valence-corrected chi connectivity index (χ4v) is 2.39. The van der Waals surface area contributed by atoms with Crippen LogP contribution < -0.4 is 11.5 Å². The Balaban J connectivity index is 0.000000151. The largest absolute Gasteiger partial charge is 0.398 e. The van der Waals surface area contributed by atoms with Crippen LogP contribution in [0.1, 0.15) is 0 Å². The maximum absolute atomic E-state index is 5.73. The van der Waals surface area contributed by atoms with E-state index in [0.717, 1.165) is 11.1 Å². The third-order valence-corrected chi connectivity index (χ3v) is 3.67. The van der Waals surface area contributed by atoms with E-state index in [0.29, 0.717) is 33.1 Å². The van der Waals surface area contributed by atoms with E-state index in [9.17, 15) is 0 Å². The van der Waals surface area contributed by atoms with Gasteiger partial charge in [-0.1, -0.05) is 23.2 Å². The highest BCUT2D eigenvalue weighted by atomic mass is 35.5. The van der Waals surface area contributed by atoms with Gasteiger partial charge < -0.3 is 11.5 Å². The summed E-state index contributed by atoms with van der Waals surface area (Å²) in [6.45, 7) is 0. The van der Waals surface area contributed by atoms with Crippen molar-refractivity contribution in [2.45, 2.75) is 0 Å². The standard InChI is InChI=1S/2C7H6ClN5/c2*8-4-1-2-5(6(9)3-4)7-10-12-13-11-7/h2*1-3H,9H2,(H,10,11,12,13). The molecule has 0 aliphatic carbocycles. The van der Waals surface area contributed by atoms with Crippen LogP contribution in [0.15, 0.2) is 36.4 Å². The van der Waals surface area contributed by atoms with Gasteiger partial charge in [-0.15, -0.1) is 20.4 Å². The molecule has 2 aromatic heterocycles. The number of halogens is 2. The van der Waals surface area contributed by atoms with Crippen LogP contribution in [0.5, 0.6) is 0 Å². The van der Waals surface area contributed by atoms with Gasteiger partial charge >= 0.3 is 0 Å². The molecule has 0 bridgehead atoms. The third kappa shape index (κ3) is 4.05. The van der Waals surface area contributed by atoms with Crippen molar-refractivity contribution in [2.24, 2.45) is 0 Å². The summed E-state index contributed by atoms with van der Waals surface area (Å²) in [5, 5.41) is 28.0. The van der Waals surface area contributed by atoms with Crippen molar-refractivity contribution in [2.75, 3.05) is 11.5 Å². The van der Waals surface area contributed by atoms with Crippen LogP contribution in [0, 0.1) is 0 Å². The van der Waals surface area contributed by atoms with Crippen molar-refractivity contribution in [3.05, 3.63) is 46.4 Å². The molecule has 10 nitrogen and oxygen atoms in total. The Labute approximate surface area is 156 Å². The highest BCUT2D eigenvalue weighted by Crippen LogP contribution is 2.25. The van der Waals surface area contributed by atoms with E-state index in [2.05, 4.69) is 41.2 Å². The highest BCUT2D eigenvalue weighted by Gasteiger charge is 2.07. The Bertz CT molecular complexity index is 903. The number of benzene rings is 2. The summed E-state index contributed by atoms with van der Waals surface area (Å²) >= 11 is 11.5. The molecule has 6 N–H and O–H groups in total. The molecular weight excluding hydrogens is 379 g/mol. The predicted octanol–water partition coefficient (Wildman–Crippen LogP) is 2.20. The maximum Gasteiger partial charge on any atom is 0.206 e. The molecule has 0 unspecified atom stereocenters. The highest BCUT2D eigenvalue weighted by molar-refractivity contribution is 6.31. The van der Waals surface area contributed by atoms with Crippen LogP contribution in [-0.2, 0) is 0 Å². The monoisotopic (exact) mass is 390 g/mol. The molecular formula is C14H12Cl2N10. The molecule has 132 valence electrons. The van der Waals surface area contributed by atoms with Crippen LogP contribution in [0.2, 0.25) is 10.0 Å². The van der Waals surface area contributed by atoms with Crippen LogP contribution in [0.3, 0.4) is 0 Å². The first-order valence-corrected chi connectivity index (χ1v) is 7.88. The molecule has 0 saturated heterocycles. The van der Waals surface area contributed by atoms with Gasteiger partial charge in [-0.2, -0.15) is 10.4 Å². The second kappa shape index (κ2) is 7.76. The number of nitrogens with two attached hydrogens (primary N) is 2. The molecule has 4 aromatic rings. The molecule has 26 heavy (non-hydrogen) atoms. The zero-order valence-electron chi connectivity index (χ0n) is 13.1. The first kappa shape index (κ1) is 17.6. The second-order valence-corrected chi connectivity index (χ2v) is 5.81. The Morgan fingerprint density at radius 1 is 0.692 bits per heavy atom. The number of tetrazole rings is 2. The van der Waals surface area contributed by atoms with Gasteiger partial charge in [-0.25, -0.2) is 0 Å². The minimum Gasteiger partial charge on any atom is -0.398 e. The first-order chi connectivity index (χ1) is 12.5. The fraction of sp³-hybridized carbons (Fsp3) is 0. The summed E-state index contributed by atoms with van der Waals surface area (Å²) in [6.07, 6.45) is 0. The summed E-state index contributed by atoms with van der Waals surface area (Å²) < 4.78 is 0. The molecule has 2 aromatic carbocycles. The van der Waals surface area contributed by atoms with Gasteiger partial charge in [0, 0.05) is 32.5 Å². The lowest BCUT2D eigenvalue weighted by molar-refractivity contribution is 0.881. The molecule has 12 heteroatoms. The molecule has 0 spiro atoms. The van der Waals surface area contributed by atoms with Crippen LogP contribution in [0.4, 0.5) is 11.4 Å². The summed E-state index contributed by atoms with van der Waals surface area (Å²) in [6, 6.07) is 10.2. The third-order valence-electron chi connectivity index (χ3n) is 3.20. The molecule has 0 fully saturated rings. The van der Waals surface area contributed by atoms with Gasteiger partial charge in [-0.3, -0.25) is 0 Å². The summed E-state index contributed by atoms with van der Waals surface area (Å²) in [4.78, 5) is 0. The van der Waals surface area contributed by atoms with Crippen molar-refractivity contribution in [3.63, 3.8) is 0 Å².